The minimum absolute atomic E-state index is 0.0591. The van der Waals surface area contributed by atoms with Crippen LogP contribution in [0.1, 0.15) is 19.3 Å². The minimum Gasteiger partial charge on any atom is -0.370 e. The molecule has 0 aliphatic rings. The molecule has 0 aliphatic carbocycles. The predicted molar refractivity (Wildman–Crippen MR) is 67.4 cm³/mol. The first-order valence-electron chi connectivity index (χ1n) is 5.33. The van der Waals surface area contributed by atoms with Crippen molar-refractivity contribution in [1.82, 2.24) is 4.98 Å². The van der Waals surface area contributed by atoms with Gasteiger partial charge in [-0.05, 0) is 12.8 Å². The molecule has 98 valence electrons. The fourth-order valence-corrected chi connectivity index (χ4v) is 1.52. The molecule has 18 heavy (non-hydrogen) atoms. The van der Waals surface area contributed by atoms with E-state index in [1.54, 1.807) is 0 Å². The minimum atomic E-state index is -0.536. The van der Waals surface area contributed by atoms with E-state index in [0.29, 0.717) is 31.6 Å². The van der Waals surface area contributed by atoms with Crippen LogP contribution in [-0.4, -0.2) is 22.4 Å². The van der Waals surface area contributed by atoms with Gasteiger partial charge in [0.1, 0.15) is 11.0 Å². The zero-order valence-corrected chi connectivity index (χ0v) is 10.3. The monoisotopic (exact) mass is 272 g/mol. The number of hydrogen-bond acceptors (Lipinski definition) is 5. The second-order valence-corrected chi connectivity index (χ2v) is 4.03. The number of carbonyl (C=O) groups is 1. The molecule has 0 aromatic carbocycles. The molecule has 0 atom stereocenters. The Balaban J connectivity index is 2.47. The lowest BCUT2D eigenvalue weighted by molar-refractivity contribution is -0.384. The van der Waals surface area contributed by atoms with Gasteiger partial charge in [-0.2, -0.15) is 0 Å². The second-order valence-electron chi connectivity index (χ2n) is 3.64. The van der Waals surface area contributed by atoms with Gasteiger partial charge in [-0.25, -0.2) is 4.98 Å². The molecule has 3 N–H and O–H groups in total. The van der Waals surface area contributed by atoms with Gasteiger partial charge in [0.15, 0.2) is 0 Å². The van der Waals surface area contributed by atoms with Gasteiger partial charge in [-0.15, -0.1) is 0 Å². The van der Waals surface area contributed by atoms with Crippen molar-refractivity contribution in [3.8, 4) is 0 Å². The molecule has 0 spiro atoms. The van der Waals surface area contributed by atoms with E-state index in [1.807, 2.05) is 0 Å². The van der Waals surface area contributed by atoms with Crippen LogP contribution in [0.3, 0.4) is 0 Å². The highest BCUT2D eigenvalue weighted by molar-refractivity contribution is 6.29. The standard InChI is InChI=1S/C10H13ClN4O3/c11-8-5-7(15(17)18)6-10(14-8)13-4-2-1-3-9(12)16/h5-6H,1-4H2,(H2,12,16)(H,13,14). The third-order valence-electron chi connectivity index (χ3n) is 2.15. The summed E-state index contributed by atoms with van der Waals surface area (Å²) in [5.74, 6) is -0.000191. The Morgan fingerprint density at radius 2 is 2.22 bits per heavy atom. The highest BCUT2D eigenvalue weighted by atomic mass is 35.5. The summed E-state index contributed by atoms with van der Waals surface area (Å²) in [6.07, 6.45) is 1.70. The van der Waals surface area contributed by atoms with E-state index in [1.165, 1.54) is 12.1 Å². The highest BCUT2D eigenvalue weighted by Gasteiger charge is 2.09. The Hall–Kier alpha value is -1.89. The van der Waals surface area contributed by atoms with Crippen LogP contribution in [0.2, 0.25) is 5.15 Å². The molecule has 7 nitrogen and oxygen atoms in total. The van der Waals surface area contributed by atoms with Crippen LogP contribution in [0, 0.1) is 10.1 Å². The van der Waals surface area contributed by atoms with Crippen molar-refractivity contribution in [2.75, 3.05) is 11.9 Å². The fraction of sp³-hybridized carbons (Fsp3) is 0.400. The number of halogens is 1. The Labute approximate surface area is 108 Å². The average Bonchev–Trinajstić information content (AvgIpc) is 2.27. The van der Waals surface area contributed by atoms with Gasteiger partial charge in [0.2, 0.25) is 5.91 Å². The van der Waals surface area contributed by atoms with Gasteiger partial charge < -0.3 is 11.1 Å². The van der Waals surface area contributed by atoms with Crippen molar-refractivity contribution in [2.24, 2.45) is 5.73 Å². The van der Waals surface area contributed by atoms with Gasteiger partial charge in [-0.1, -0.05) is 11.6 Å². The number of nitrogens with one attached hydrogen (secondary N) is 1. The number of nitro groups is 1. The summed E-state index contributed by atoms with van der Waals surface area (Å²) in [6, 6.07) is 2.49. The van der Waals surface area contributed by atoms with E-state index in [2.05, 4.69) is 10.3 Å². The van der Waals surface area contributed by atoms with Crippen LogP contribution in [-0.2, 0) is 4.79 Å². The number of amides is 1. The largest absolute Gasteiger partial charge is 0.370 e. The number of primary amides is 1. The van der Waals surface area contributed by atoms with Gasteiger partial charge in [0.25, 0.3) is 5.69 Å². The molecule has 8 heteroatoms. The fourth-order valence-electron chi connectivity index (χ4n) is 1.32. The lowest BCUT2D eigenvalue weighted by Gasteiger charge is -2.05. The number of pyridine rings is 1. The SMILES string of the molecule is NC(=O)CCCCNc1cc([N+](=O)[O-])cc(Cl)n1. The second kappa shape index (κ2) is 6.75. The lowest BCUT2D eigenvalue weighted by Crippen LogP contribution is -2.11. The molecule has 0 fully saturated rings. The normalized spacial score (nSPS) is 10.1. The van der Waals surface area contributed by atoms with Crippen molar-refractivity contribution in [3.63, 3.8) is 0 Å². The molecular weight excluding hydrogens is 260 g/mol. The molecule has 0 unspecified atom stereocenters. The maximum absolute atomic E-state index is 10.6. The van der Waals surface area contributed by atoms with E-state index < -0.39 is 4.92 Å². The summed E-state index contributed by atoms with van der Waals surface area (Å²) in [7, 11) is 0. The van der Waals surface area contributed by atoms with Gasteiger partial charge in [0, 0.05) is 13.0 Å². The Kier molecular flexibility index (Phi) is 5.31. The first kappa shape index (κ1) is 14.2. The summed E-state index contributed by atoms with van der Waals surface area (Å²) in [6.45, 7) is 0.539. The Bertz CT molecular complexity index is 453. The molecule has 1 aromatic rings. The number of unbranched alkanes of at least 4 members (excludes halogenated alkanes) is 1. The van der Waals surface area contributed by atoms with Crippen LogP contribution in [0.15, 0.2) is 12.1 Å². The molecule has 0 bridgehead atoms. The van der Waals surface area contributed by atoms with Crippen molar-refractivity contribution >= 4 is 29.0 Å². The first-order valence-corrected chi connectivity index (χ1v) is 5.71. The smallest absolute Gasteiger partial charge is 0.276 e. The third kappa shape index (κ3) is 4.96. The molecule has 0 saturated heterocycles. The number of rotatable bonds is 7. The molecule has 1 rings (SSSR count). The summed E-state index contributed by atoms with van der Waals surface area (Å²) < 4.78 is 0. The molecule has 1 amide bonds. The third-order valence-corrected chi connectivity index (χ3v) is 2.34. The molecular formula is C10H13ClN4O3. The van der Waals surface area contributed by atoms with Crippen molar-refractivity contribution < 1.29 is 9.72 Å². The van der Waals surface area contributed by atoms with Crippen molar-refractivity contribution in [1.29, 1.82) is 0 Å². The maximum atomic E-state index is 10.6. The number of aromatic nitrogens is 1. The van der Waals surface area contributed by atoms with Crippen LogP contribution in [0.4, 0.5) is 11.5 Å². The van der Waals surface area contributed by atoms with E-state index in [-0.39, 0.29) is 16.7 Å². The predicted octanol–water partition coefficient (Wildman–Crippen LogP) is 1.71. The summed E-state index contributed by atoms with van der Waals surface area (Å²) >= 11 is 5.66. The average molecular weight is 273 g/mol. The van der Waals surface area contributed by atoms with Gasteiger partial charge in [-0.3, -0.25) is 14.9 Å². The number of hydrogen-bond donors (Lipinski definition) is 2. The zero-order chi connectivity index (χ0) is 13.5. The topological polar surface area (TPSA) is 111 Å². The van der Waals surface area contributed by atoms with E-state index >= 15 is 0 Å². The molecule has 0 radical (unpaired) electrons. The van der Waals surface area contributed by atoms with Crippen LogP contribution < -0.4 is 11.1 Å². The lowest BCUT2D eigenvalue weighted by atomic mass is 10.2. The van der Waals surface area contributed by atoms with Crippen LogP contribution in [0.5, 0.6) is 0 Å². The molecule has 1 aromatic heterocycles. The van der Waals surface area contributed by atoms with Crippen LogP contribution >= 0.6 is 11.6 Å². The van der Waals surface area contributed by atoms with E-state index in [9.17, 15) is 14.9 Å². The van der Waals surface area contributed by atoms with Gasteiger partial charge in [0.05, 0.1) is 17.1 Å². The maximum Gasteiger partial charge on any atom is 0.276 e. The van der Waals surface area contributed by atoms with Crippen molar-refractivity contribution in [3.05, 3.63) is 27.4 Å². The van der Waals surface area contributed by atoms with E-state index in [4.69, 9.17) is 17.3 Å². The number of nitrogens with zero attached hydrogens (tertiary/aromatic N) is 2. The van der Waals surface area contributed by atoms with Crippen molar-refractivity contribution in [2.45, 2.75) is 19.3 Å². The summed E-state index contributed by atoms with van der Waals surface area (Å²) in [5.41, 5.74) is 4.88. The Morgan fingerprint density at radius 1 is 1.50 bits per heavy atom. The highest BCUT2D eigenvalue weighted by Crippen LogP contribution is 2.20. The molecule has 1 heterocycles. The quantitative estimate of drug-likeness (QED) is 0.340. The first-order chi connectivity index (χ1) is 8.49. The summed E-state index contributed by atoms with van der Waals surface area (Å²) in [5, 5.41) is 13.6. The number of carbonyl (C=O) groups excluding carboxylic acids is 1. The molecule has 0 saturated carbocycles. The van der Waals surface area contributed by atoms with Gasteiger partial charge >= 0.3 is 0 Å². The summed E-state index contributed by atoms with van der Waals surface area (Å²) in [4.78, 5) is 24.5. The molecule has 0 aliphatic heterocycles. The zero-order valence-electron chi connectivity index (χ0n) is 9.56. The van der Waals surface area contributed by atoms with E-state index in [0.717, 1.165) is 0 Å². The van der Waals surface area contributed by atoms with Crippen LogP contribution in [0.25, 0.3) is 0 Å². The number of nitrogens with two attached hydrogens (primary N) is 1. The Morgan fingerprint density at radius 3 is 2.83 bits per heavy atom. The number of anilines is 1.